The molecule has 0 saturated carbocycles. The van der Waals surface area contributed by atoms with Gasteiger partial charge in [-0.2, -0.15) is 0 Å². The molecule has 1 aromatic carbocycles. The molecule has 0 aromatic heterocycles. The van der Waals surface area contributed by atoms with Crippen molar-refractivity contribution < 1.29 is 9.53 Å². The third kappa shape index (κ3) is 7.91. The largest absolute Gasteiger partial charge is 0.374 e. The van der Waals surface area contributed by atoms with Crippen LogP contribution < -0.4 is 15.5 Å². The summed E-state index contributed by atoms with van der Waals surface area (Å²) in [5.41, 5.74) is 2.34. The molecule has 7 nitrogen and oxygen atoms in total. The Balaban J connectivity index is 0.00000341. The number of morpholine rings is 1. The summed E-state index contributed by atoms with van der Waals surface area (Å²) >= 11 is 0. The van der Waals surface area contributed by atoms with Crippen LogP contribution in [0.4, 0.5) is 5.69 Å². The number of ether oxygens (including phenoxy) is 1. The molecule has 2 aliphatic heterocycles. The van der Waals surface area contributed by atoms with Crippen LogP contribution in [-0.2, 0) is 16.0 Å². The van der Waals surface area contributed by atoms with Crippen molar-refractivity contribution in [2.75, 3.05) is 57.8 Å². The van der Waals surface area contributed by atoms with Gasteiger partial charge in [0.05, 0.1) is 12.7 Å². The molecule has 174 valence electrons. The number of nitrogens with one attached hydrogen (secondary N) is 2. The van der Waals surface area contributed by atoms with E-state index in [1.165, 1.54) is 5.56 Å². The van der Waals surface area contributed by atoms with Gasteiger partial charge in [0, 0.05) is 58.4 Å². The van der Waals surface area contributed by atoms with Gasteiger partial charge in [0.2, 0.25) is 5.91 Å². The highest BCUT2D eigenvalue weighted by Crippen LogP contribution is 2.27. The second-order valence-corrected chi connectivity index (χ2v) is 8.55. The molecule has 31 heavy (non-hydrogen) atoms. The van der Waals surface area contributed by atoms with Gasteiger partial charge in [-0.1, -0.05) is 32.0 Å². The number of rotatable bonds is 8. The number of hydrogen-bond acceptors (Lipinski definition) is 4. The van der Waals surface area contributed by atoms with Crippen molar-refractivity contribution in [2.24, 2.45) is 10.9 Å². The quantitative estimate of drug-likeness (QED) is 0.228. The summed E-state index contributed by atoms with van der Waals surface area (Å²) in [4.78, 5) is 21.3. The number of para-hydroxylation sites is 1. The van der Waals surface area contributed by atoms with E-state index < -0.39 is 0 Å². The molecule has 0 aliphatic carbocycles. The van der Waals surface area contributed by atoms with Gasteiger partial charge in [-0.05, 0) is 30.4 Å². The average Bonchev–Trinajstić information content (AvgIpc) is 3.17. The Morgan fingerprint density at radius 3 is 2.84 bits per heavy atom. The first kappa shape index (κ1) is 25.9. The number of halogens is 1. The number of carbonyl (C=O) groups excluding carboxylic acids is 1. The molecular weight excluding hydrogens is 505 g/mol. The molecule has 0 spiro atoms. The Kier molecular flexibility index (Phi) is 11.0. The standard InChI is InChI=1S/C23H37N5O2.HI/c1-18(2)16-27-13-14-30-20(17-27)15-26-23(24-3)25-11-6-9-22(29)28-12-10-19-7-4-5-8-21(19)28;/h4-5,7-8,18,20H,6,9-17H2,1-3H3,(H2,24,25,26);1H. The number of amides is 1. The maximum absolute atomic E-state index is 12.6. The lowest BCUT2D eigenvalue weighted by molar-refractivity contribution is -0.118. The first-order valence-corrected chi connectivity index (χ1v) is 11.2. The third-order valence-corrected chi connectivity index (χ3v) is 5.62. The molecular formula is C23H38IN5O2. The minimum atomic E-state index is 0. The topological polar surface area (TPSA) is 69.2 Å². The molecule has 2 N–H and O–H groups in total. The Morgan fingerprint density at radius 2 is 2.06 bits per heavy atom. The van der Waals surface area contributed by atoms with Crippen LogP contribution in [0.3, 0.4) is 0 Å². The summed E-state index contributed by atoms with van der Waals surface area (Å²) in [6, 6.07) is 8.19. The van der Waals surface area contributed by atoms with Crippen molar-refractivity contribution in [3.8, 4) is 0 Å². The lowest BCUT2D eigenvalue weighted by Crippen LogP contribution is -2.50. The fourth-order valence-electron chi connectivity index (χ4n) is 4.20. The molecule has 1 atom stereocenters. The van der Waals surface area contributed by atoms with Gasteiger partial charge in [0.15, 0.2) is 5.96 Å². The van der Waals surface area contributed by atoms with Gasteiger partial charge in [-0.15, -0.1) is 24.0 Å². The molecule has 0 radical (unpaired) electrons. The number of nitrogens with zero attached hydrogens (tertiary/aromatic N) is 3. The first-order valence-electron chi connectivity index (χ1n) is 11.2. The molecule has 8 heteroatoms. The molecule has 1 amide bonds. The first-order chi connectivity index (χ1) is 14.6. The summed E-state index contributed by atoms with van der Waals surface area (Å²) in [5, 5.41) is 6.68. The highest BCUT2D eigenvalue weighted by atomic mass is 127. The molecule has 3 rings (SSSR count). The predicted octanol–water partition coefficient (Wildman–Crippen LogP) is 2.50. The van der Waals surface area contributed by atoms with Gasteiger partial charge in [0.25, 0.3) is 0 Å². The number of carbonyl (C=O) groups is 1. The van der Waals surface area contributed by atoms with Crippen molar-refractivity contribution in [3.63, 3.8) is 0 Å². The maximum atomic E-state index is 12.6. The monoisotopic (exact) mass is 543 g/mol. The summed E-state index contributed by atoms with van der Waals surface area (Å²) in [6.07, 6.45) is 2.44. The Labute approximate surface area is 204 Å². The van der Waals surface area contributed by atoms with E-state index in [4.69, 9.17) is 4.74 Å². The highest BCUT2D eigenvalue weighted by Gasteiger charge is 2.24. The Bertz CT molecular complexity index is 728. The van der Waals surface area contributed by atoms with E-state index in [0.717, 1.165) is 63.8 Å². The SMILES string of the molecule is CN=C(NCCCC(=O)N1CCc2ccccc21)NCC1CN(CC(C)C)CCO1.I. The number of guanidine groups is 1. The smallest absolute Gasteiger partial charge is 0.227 e. The molecule has 1 aromatic rings. The number of fused-ring (bicyclic) bond motifs is 1. The Hall–Kier alpha value is -1.39. The third-order valence-electron chi connectivity index (χ3n) is 5.62. The van der Waals surface area contributed by atoms with Gasteiger partial charge >= 0.3 is 0 Å². The van der Waals surface area contributed by atoms with Crippen LogP contribution in [0.1, 0.15) is 32.3 Å². The van der Waals surface area contributed by atoms with Crippen LogP contribution in [-0.4, -0.2) is 75.8 Å². The van der Waals surface area contributed by atoms with Crippen LogP contribution in [0.5, 0.6) is 0 Å². The average molecular weight is 543 g/mol. The van der Waals surface area contributed by atoms with Crippen LogP contribution in [0, 0.1) is 5.92 Å². The minimum Gasteiger partial charge on any atom is -0.374 e. The zero-order valence-electron chi connectivity index (χ0n) is 19.1. The van der Waals surface area contributed by atoms with Gasteiger partial charge < -0.3 is 20.3 Å². The van der Waals surface area contributed by atoms with Crippen LogP contribution in [0.2, 0.25) is 0 Å². The summed E-state index contributed by atoms with van der Waals surface area (Å²) in [5.74, 6) is 1.63. The fourth-order valence-corrected chi connectivity index (χ4v) is 4.20. The van der Waals surface area contributed by atoms with Crippen LogP contribution in [0.25, 0.3) is 0 Å². The number of benzene rings is 1. The minimum absolute atomic E-state index is 0. The fraction of sp³-hybridized carbons (Fsp3) is 0.652. The summed E-state index contributed by atoms with van der Waals surface area (Å²) in [6.45, 7) is 10.6. The predicted molar refractivity (Wildman–Crippen MR) is 138 cm³/mol. The lowest BCUT2D eigenvalue weighted by atomic mass is 10.2. The van der Waals surface area contributed by atoms with Gasteiger partial charge in [-0.25, -0.2) is 0 Å². The van der Waals surface area contributed by atoms with Crippen molar-refractivity contribution in [3.05, 3.63) is 29.8 Å². The molecule has 2 heterocycles. The van der Waals surface area contributed by atoms with E-state index in [1.54, 1.807) is 7.05 Å². The van der Waals surface area contributed by atoms with E-state index in [1.807, 2.05) is 23.1 Å². The van der Waals surface area contributed by atoms with E-state index in [2.05, 4.69) is 40.4 Å². The molecule has 1 unspecified atom stereocenters. The second kappa shape index (κ2) is 13.2. The zero-order chi connectivity index (χ0) is 21.3. The lowest BCUT2D eigenvalue weighted by Gasteiger charge is -2.34. The zero-order valence-corrected chi connectivity index (χ0v) is 21.4. The molecule has 2 aliphatic rings. The normalized spacial score (nSPS) is 19.2. The van der Waals surface area contributed by atoms with Crippen LogP contribution in [0.15, 0.2) is 29.3 Å². The second-order valence-electron chi connectivity index (χ2n) is 8.55. The van der Waals surface area contributed by atoms with E-state index >= 15 is 0 Å². The number of aliphatic imine (C=N–C) groups is 1. The maximum Gasteiger partial charge on any atom is 0.227 e. The van der Waals surface area contributed by atoms with Crippen LogP contribution >= 0.6 is 24.0 Å². The van der Waals surface area contributed by atoms with E-state index in [9.17, 15) is 4.79 Å². The molecule has 1 fully saturated rings. The highest BCUT2D eigenvalue weighted by molar-refractivity contribution is 14.0. The summed E-state index contributed by atoms with van der Waals surface area (Å²) in [7, 11) is 1.77. The van der Waals surface area contributed by atoms with E-state index in [-0.39, 0.29) is 36.0 Å². The van der Waals surface area contributed by atoms with Crippen molar-refractivity contribution >= 4 is 41.5 Å². The van der Waals surface area contributed by atoms with E-state index in [0.29, 0.717) is 18.9 Å². The molecule has 1 saturated heterocycles. The summed E-state index contributed by atoms with van der Waals surface area (Å²) < 4.78 is 5.89. The van der Waals surface area contributed by atoms with Crippen molar-refractivity contribution in [2.45, 2.75) is 39.2 Å². The number of anilines is 1. The Morgan fingerprint density at radius 1 is 1.26 bits per heavy atom. The molecule has 0 bridgehead atoms. The number of hydrogen-bond donors (Lipinski definition) is 2. The van der Waals surface area contributed by atoms with Gasteiger partial charge in [0.1, 0.15) is 0 Å². The van der Waals surface area contributed by atoms with Gasteiger partial charge in [-0.3, -0.25) is 14.7 Å². The van der Waals surface area contributed by atoms with Crippen molar-refractivity contribution in [1.82, 2.24) is 15.5 Å². The van der Waals surface area contributed by atoms with Crippen molar-refractivity contribution in [1.29, 1.82) is 0 Å².